The second-order valence-electron chi connectivity index (χ2n) is 8.46. The summed E-state index contributed by atoms with van der Waals surface area (Å²) in [5.41, 5.74) is 3.63. The first-order chi connectivity index (χ1) is 13.6. The van der Waals surface area contributed by atoms with Crippen LogP contribution in [-0.4, -0.2) is 41.5 Å². The lowest BCUT2D eigenvalue weighted by molar-refractivity contribution is 0.0220. The monoisotopic (exact) mass is 416 g/mol. The lowest BCUT2D eigenvalue weighted by Gasteiger charge is -2.30. The number of amides is 1. The molecule has 4 rings (SSSR count). The third-order valence-electron chi connectivity index (χ3n) is 4.81. The summed E-state index contributed by atoms with van der Waals surface area (Å²) in [7, 11) is -3.04. The van der Waals surface area contributed by atoms with Crippen LogP contribution >= 0.6 is 0 Å². The van der Waals surface area contributed by atoms with E-state index >= 15 is 0 Å². The zero-order valence-corrected chi connectivity index (χ0v) is 17.5. The number of rotatable bonds is 2. The van der Waals surface area contributed by atoms with Crippen LogP contribution in [0.3, 0.4) is 0 Å². The number of sulfone groups is 1. The molecule has 0 radical (unpaired) electrons. The van der Waals surface area contributed by atoms with Crippen LogP contribution in [0.2, 0.25) is 0 Å². The van der Waals surface area contributed by atoms with Crippen molar-refractivity contribution in [1.29, 1.82) is 0 Å². The molecule has 2 aliphatic rings. The Hall–Kier alpha value is -2.68. The minimum Gasteiger partial charge on any atom is -0.444 e. The first-order valence-corrected chi connectivity index (χ1v) is 11.3. The number of nitrogens with zero attached hydrogens (tertiary/aromatic N) is 3. The fourth-order valence-corrected chi connectivity index (χ4v) is 5.08. The van der Waals surface area contributed by atoms with Crippen molar-refractivity contribution in [3.8, 4) is 0 Å². The van der Waals surface area contributed by atoms with Gasteiger partial charge in [0.15, 0.2) is 9.84 Å². The van der Waals surface area contributed by atoms with Gasteiger partial charge in [-0.05, 0) is 56.0 Å². The van der Waals surface area contributed by atoms with Crippen LogP contribution in [0.25, 0.3) is 0 Å². The van der Waals surface area contributed by atoms with Crippen LogP contribution in [0.15, 0.2) is 24.4 Å². The molecule has 0 saturated heterocycles. The molecule has 0 spiro atoms. The van der Waals surface area contributed by atoms with E-state index in [-0.39, 0.29) is 17.6 Å². The number of ether oxygens (including phenoxy) is 1. The number of benzene rings is 1. The SMILES string of the molecule is CC(C)(C)OC(=O)N1CCc2cnc(Nc3ccc4c(c3)CS(=O)(=O)C4)nc2C1. The molecule has 0 unspecified atom stereocenters. The van der Waals surface area contributed by atoms with Crippen LogP contribution < -0.4 is 5.32 Å². The Balaban J connectivity index is 1.49. The van der Waals surface area contributed by atoms with Gasteiger partial charge in [0, 0.05) is 18.4 Å². The molecule has 3 heterocycles. The molecule has 1 aromatic heterocycles. The van der Waals surface area contributed by atoms with Crippen LogP contribution in [-0.2, 0) is 39.0 Å². The number of anilines is 2. The molecule has 2 aliphatic heterocycles. The minimum absolute atomic E-state index is 0.0632. The fourth-order valence-electron chi connectivity index (χ4n) is 3.48. The average molecular weight is 417 g/mol. The zero-order valence-electron chi connectivity index (χ0n) is 16.7. The summed E-state index contributed by atoms with van der Waals surface area (Å²) in [6.07, 6.45) is 2.09. The Labute approximate surface area is 170 Å². The lowest BCUT2D eigenvalue weighted by atomic mass is 10.1. The highest BCUT2D eigenvalue weighted by Gasteiger charge is 2.27. The molecule has 9 heteroatoms. The van der Waals surface area contributed by atoms with E-state index in [2.05, 4.69) is 15.3 Å². The van der Waals surface area contributed by atoms with E-state index < -0.39 is 15.4 Å². The van der Waals surface area contributed by atoms with Crippen molar-refractivity contribution in [3.63, 3.8) is 0 Å². The maximum atomic E-state index is 12.4. The number of hydrogen-bond donors (Lipinski definition) is 1. The number of carbonyl (C=O) groups is 1. The highest BCUT2D eigenvalue weighted by atomic mass is 32.2. The quantitative estimate of drug-likeness (QED) is 0.803. The number of aromatic nitrogens is 2. The molecular weight excluding hydrogens is 392 g/mol. The summed E-state index contributed by atoms with van der Waals surface area (Å²) in [6.45, 7) is 6.46. The first kappa shape index (κ1) is 19.6. The average Bonchev–Trinajstić information content (AvgIpc) is 2.92. The molecule has 29 heavy (non-hydrogen) atoms. The summed E-state index contributed by atoms with van der Waals surface area (Å²) in [5.74, 6) is 0.572. The molecule has 1 aromatic carbocycles. The normalized spacial score (nSPS) is 17.4. The fraction of sp³-hybridized carbons (Fsp3) is 0.450. The van der Waals surface area contributed by atoms with E-state index in [9.17, 15) is 13.2 Å². The Morgan fingerprint density at radius 3 is 2.69 bits per heavy atom. The van der Waals surface area contributed by atoms with Crippen molar-refractivity contribution >= 4 is 27.6 Å². The molecule has 0 aliphatic carbocycles. The van der Waals surface area contributed by atoms with E-state index in [0.29, 0.717) is 25.5 Å². The zero-order chi connectivity index (χ0) is 20.8. The Morgan fingerprint density at radius 1 is 1.17 bits per heavy atom. The van der Waals surface area contributed by atoms with E-state index in [1.807, 2.05) is 39.0 Å². The van der Waals surface area contributed by atoms with Gasteiger partial charge >= 0.3 is 6.09 Å². The van der Waals surface area contributed by atoms with Gasteiger partial charge in [-0.2, -0.15) is 0 Å². The van der Waals surface area contributed by atoms with Crippen molar-refractivity contribution in [2.24, 2.45) is 0 Å². The number of carbonyl (C=O) groups excluding carboxylic acids is 1. The van der Waals surface area contributed by atoms with Crippen LogP contribution in [0, 0.1) is 0 Å². The van der Waals surface area contributed by atoms with E-state index in [0.717, 1.165) is 28.1 Å². The molecule has 0 saturated carbocycles. The first-order valence-electron chi connectivity index (χ1n) is 9.50. The molecule has 0 bridgehead atoms. The second-order valence-corrected chi connectivity index (χ2v) is 10.5. The van der Waals surface area contributed by atoms with Gasteiger partial charge < -0.3 is 15.0 Å². The summed E-state index contributed by atoms with van der Waals surface area (Å²) < 4.78 is 29.1. The third-order valence-corrected chi connectivity index (χ3v) is 6.31. The van der Waals surface area contributed by atoms with Gasteiger partial charge in [-0.15, -0.1) is 0 Å². The van der Waals surface area contributed by atoms with Crippen LogP contribution in [0.1, 0.15) is 43.2 Å². The standard InChI is InChI=1S/C20H24N4O4S/c1-20(2,3)28-19(25)24-7-6-13-9-21-18(23-17(13)10-24)22-16-5-4-14-11-29(26,27)12-15(14)8-16/h4-5,8-9H,6-7,10-12H2,1-3H3,(H,21,22,23). The van der Waals surface area contributed by atoms with Crippen molar-refractivity contribution in [3.05, 3.63) is 46.8 Å². The van der Waals surface area contributed by atoms with Gasteiger partial charge in [0.2, 0.25) is 5.95 Å². The molecular formula is C20H24N4O4S. The predicted molar refractivity (Wildman–Crippen MR) is 108 cm³/mol. The summed E-state index contributed by atoms with van der Waals surface area (Å²) in [5, 5.41) is 3.14. The van der Waals surface area contributed by atoms with Gasteiger partial charge in [0.25, 0.3) is 0 Å². The van der Waals surface area contributed by atoms with Crippen molar-refractivity contribution in [1.82, 2.24) is 14.9 Å². The summed E-state index contributed by atoms with van der Waals surface area (Å²) in [4.78, 5) is 22.9. The Morgan fingerprint density at radius 2 is 1.93 bits per heavy atom. The highest BCUT2D eigenvalue weighted by molar-refractivity contribution is 7.90. The number of hydrogen-bond acceptors (Lipinski definition) is 7. The number of nitrogens with one attached hydrogen (secondary N) is 1. The third kappa shape index (κ3) is 4.50. The van der Waals surface area contributed by atoms with Gasteiger partial charge in [-0.1, -0.05) is 6.07 Å². The molecule has 8 nitrogen and oxygen atoms in total. The molecule has 2 aromatic rings. The van der Waals surface area contributed by atoms with Crippen molar-refractivity contribution < 1.29 is 17.9 Å². The van der Waals surface area contributed by atoms with E-state index in [1.165, 1.54) is 0 Å². The summed E-state index contributed by atoms with van der Waals surface area (Å²) >= 11 is 0. The van der Waals surface area contributed by atoms with Crippen molar-refractivity contribution in [2.45, 2.75) is 50.8 Å². The minimum atomic E-state index is -3.04. The highest BCUT2D eigenvalue weighted by Crippen LogP contribution is 2.28. The van der Waals surface area contributed by atoms with Gasteiger partial charge in [0.05, 0.1) is 23.7 Å². The topological polar surface area (TPSA) is 101 Å². The Bertz CT molecular complexity index is 1080. The van der Waals surface area contributed by atoms with Crippen molar-refractivity contribution in [2.75, 3.05) is 11.9 Å². The summed E-state index contributed by atoms with van der Waals surface area (Å²) in [6, 6.07) is 5.48. The lowest BCUT2D eigenvalue weighted by Crippen LogP contribution is -2.40. The second kappa shape index (κ2) is 6.98. The number of fused-ring (bicyclic) bond motifs is 2. The molecule has 154 valence electrons. The maximum absolute atomic E-state index is 12.4. The smallest absolute Gasteiger partial charge is 0.410 e. The maximum Gasteiger partial charge on any atom is 0.410 e. The van der Waals surface area contributed by atoms with E-state index in [4.69, 9.17) is 4.74 Å². The van der Waals surface area contributed by atoms with Gasteiger partial charge in [-0.25, -0.2) is 23.2 Å². The van der Waals surface area contributed by atoms with Crippen LogP contribution in [0.4, 0.5) is 16.4 Å². The molecule has 0 fully saturated rings. The molecule has 1 N–H and O–H groups in total. The largest absolute Gasteiger partial charge is 0.444 e. The van der Waals surface area contributed by atoms with Gasteiger partial charge in [-0.3, -0.25) is 0 Å². The predicted octanol–water partition coefficient (Wildman–Crippen LogP) is 2.94. The van der Waals surface area contributed by atoms with E-state index in [1.54, 1.807) is 11.1 Å². The molecule has 1 amide bonds. The Kier molecular flexibility index (Phi) is 4.72. The molecule has 0 atom stereocenters. The van der Waals surface area contributed by atoms with Gasteiger partial charge in [0.1, 0.15) is 5.60 Å². The van der Waals surface area contributed by atoms with Crippen LogP contribution in [0.5, 0.6) is 0 Å².